The van der Waals surface area contributed by atoms with Gasteiger partial charge < -0.3 is 10.1 Å². The molecule has 0 aliphatic heterocycles. The Morgan fingerprint density at radius 3 is 2.85 bits per heavy atom. The molecular formula is C20H17BrN4O. The van der Waals surface area contributed by atoms with Gasteiger partial charge in [0.1, 0.15) is 17.3 Å². The highest BCUT2D eigenvalue weighted by Gasteiger charge is 2.15. The van der Waals surface area contributed by atoms with Crippen molar-refractivity contribution in [3.8, 4) is 17.0 Å². The van der Waals surface area contributed by atoms with Crippen LogP contribution in [0.3, 0.4) is 0 Å². The van der Waals surface area contributed by atoms with E-state index in [9.17, 15) is 0 Å². The van der Waals surface area contributed by atoms with Gasteiger partial charge in [-0.25, -0.2) is 9.97 Å². The summed E-state index contributed by atoms with van der Waals surface area (Å²) < 4.78 is 8.43. The molecule has 0 amide bonds. The quantitative estimate of drug-likeness (QED) is 0.516. The first-order valence-electron chi connectivity index (χ1n) is 8.21. The molecule has 2 heterocycles. The summed E-state index contributed by atoms with van der Waals surface area (Å²) >= 11 is 3.54. The van der Waals surface area contributed by atoms with Crippen molar-refractivity contribution in [2.75, 3.05) is 12.4 Å². The average Bonchev–Trinajstić information content (AvgIpc) is 3.05. The van der Waals surface area contributed by atoms with Gasteiger partial charge in [0, 0.05) is 34.5 Å². The second kappa shape index (κ2) is 7.17. The lowest BCUT2D eigenvalue weighted by molar-refractivity contribution is 0.410. The maximum atomic E-state index is 5.45. The third-order valence-electron chi connectivity index (χ3n) is 4.14. The van der Waals surface area contributed by atoms with Crippen LogP contribution < -0.4 is 10.1 Å². The van der Waals surface area contributed by atoms with E-state index in [1.807, 2.05) is 59.1 Å². The second-order valence-electron chi connectivity index (χ2n) is 5.77. The molecule has 5 nitrogen and oxygen atoms in total. The summed E-state index contributed by atoms with van der Waals surface area (Å²) in [5.74, 6) is 2.41. The number of para-hydroxylation sites is 1. The van der Waals surface area contributed by atoms with E-state index in [2.05, 4.69) is 32.3 Å². The Kier molecular flexibility index (Phi) is 4.58. The normalized spacial score (nSPS) is 10.8. The Labute approximate surface area is 159 Å². The van der Waals surface area contributed by atoms with Gasteiger partial charge in [-0.3, -0.25) is 4.40 Å². The minimum Gasteiger partial charge on any atom is -0.496 e. The van der Waals surface area contributed by atoms with E-state index in [0.717, 1.165) is 32.9 Å². The third kappa shape index (κ3) is 3.15. The summed E-state index contributed by atoms with van der Waals surface area (Å²) in [6, 6.07) is 18.0. The largest absolute Gasteiger partial charge is 0.496 e. The van der Waals surface area contributed by atoms with Gasteiger partial charge in [0.15, 0.2) is 0 Å². The molecule has 26 heavy (non-hydrogen) atoms. The molecule has 1 N–H and O–H groups in total. The molecule has 2 aromatic heterocycles. The van der Waals surface area contributed by atoms with Crippen molar-refractivity contribution < 1.29 is 4.74 Å². The summed E-state index contributed by atoms with van der Waals surface area (Å²) in [6.45, 7) is 0.619. The molecule has 0 radical (unpaired) electrons. The van der Waals surface area contributed by atoms with Crippen molar-refractivity contribution in [3.05, 3.63) is 77.0 Å². The van der Waals surface area contributed by atoms with Crippen molar-refractivity contribution in [2.24, 2.45) is 0 Å². The van der Waals surface area contributed by atoms with Crippen molar-refractivity contribution >= 4 is 27.5 Å². The number of fused-ring (bicyclic) bond motifs is 1. The summed E-state index contributed by atoms with van der Waals surface area (Å²) in [7, 11) is 1.68. The van der Waals surface area contributed by atoms with Crippen LogP contribution in [0.25, 0.3) is 17.0 Å². The number of nitrogens with one attached hydrogen (secondary N) is 1. The van der Waals surface area contributed by atoms with E-state index in [1.54, 1.807) is 13.3 Å². The molecule has 6 heteroatoms. The molecule has 4 aromatic rings. The highest BCUT2D eigenvalue weighted by atomic mass is 79.9. The Hall–Kier alpha value is -2.86. The van der Waals surface area contributed by atoms with Crippen molar-refractivity contribution in [2.45, 2.75) is 6.54 Å². The molecule has 0 spiro atoms. The van der Waals surface area contributed by atoms with E-state index in [1.165, 1.54) is 0 Å². The van der Waals surface area contributed by atoms with E-state index in [0.29, 0.717) is 12.3 Å². The van der Waals surface area contributed by atoms with E-state index in [-0.39, 0.29) is 0 Å². The van der Waals surface area contributed by atoms with Crippen LogP contribution in [0, 0.1) is 0 Å². The molecule has 0 atom stereocenters. The Morgan fingerprint density at radius 1 is 1.12 bits per heavy atom. The Morgan fingerprint density at radius 2 is 2.00 bits per heavy atom. The molecule has 0 fully saturated rings. The lowest BCUT2D eigenvalue weighted by Gasteiger charge is -2.11. The predicted octanol–water partition coefficient (Wildman–Crippen LogP) is 4.78. The number of hydrogen-bond acceptors (Lipinski definition) is 4. The topological polar surface area (TPSA) is 51.5 Å². The SMILES string of the molecule is COc1ccccc1CNc1c(-c2cccc(Br)c2)nc2ncccn12. The first-order chi connectivity index (χ1) is 12.8. The molecule has 0 saturated carbocycles. The summed E-state index contributed by atoms with van der Waals surface area (Å²) in [4.78, 5) is 9.09. The number of halogens is 1. The van der Waals surface area contributed by atoms with Crippen LogP contribution in [0.4, 0.5) is 5.82 Å². The molecule has 0 saturated heterocycles. The van der Waals surface area contributed by atoms with Gasteiger partial charge in [-0.1, -0.05) is 46.3 Å². The van der Waals surface area contributed by atoms with Gasteiger partial charge in [-0.2, -0.15) is 0 Å². The number of aromatic nitrogens is 3. The minimum absolute atomic E-state index is 0.619. The second-order valence-corrected chi connectivity index (χ2v) is 6.69. The molecule has 0 aliphatic carbocycles. The zero-order valence-electron chi connectivity index (χ0n) is 14.2. The standard InChI is InChI=1S/C20H17BrN4O/c1-26-17-9-3-2-6-15(17)13-23-19-18(14-7-4-8-16(21)12-14)24-20-22-10-5-11-25(19)20/h2-12,23H,13H2,1H3. The summed E-state index contributed by atoms with van der Waals surface area (Å²) in [5, 5.41) is 3.51. The van der Waals surface area contributed by atoms with Crippen LogP contribution in [0.1, 0.15) is 5.56 Å². The van der Waals surface area contributed by atoms with Crippen molar-refractivity contribution in [1.82, 2.24) is 14.4 Å². The van der Waals surface area contributed by atoms with Gasteiger partial charge in [0.2, 0.25) is 5.78 Å². The lowest BCUT2D eigenvalue weighted by atomic mass is 10.1. The maximum absolute atomic E-state index is 5.45. The van der Waals surface area contributed by atoms with Crippen LogP contribution in [0.15, 0.2) is 71.5 Å². The third-order valence-corrected chi connectivity index (χ3v) is 4.63. The first kappa shape index (κ1) is 16.6. The number of ether oxygens (including phenoxy) is 1. The molecule has 4 rings (SSSR count). The van der Waals surface area contributed by atoms with Crippen molar-refractivity contribution in [3.63, 3.8) is 0 Å². The average molecular weight is 409 g/mol. The van der Waals surface area contributed by atoms with Crippen LogP contribution in [-0.2, 0) is 6.54 Å². The number of benzene rings is 2. The highest BCUT2D eigenvalue weighted by molar-refractivity contribution is 9.10. The lowest BCUT2D eigenvalue weighted by Crippen LogP contribution is -2.05. The zero-order valence-corrected chi connectivity index (χ0v) is 15.8. The van der Waals surface area contributed by atoms with E-state index in [4.69, 9.17) is 9.72 Å². The molecule has 0 bridgehead atoms. The maximum Gasteiger partial charge on any atom is 0.235 e. The molecule has 130 valence electrons. The monoisotopic (exact) mass is 408 g/mol. The van der Waals surface area contributed by atoms with E-state index >= 15 is 0 Å². The number of imidazole rings is 1. The van der Waals surface area contributed by atoms with E-state index < -0.39 is 0 Å². The van der Waals surface area contributed by atoms with Crippen LogP contribution in [0.5, 0.6) is 5.75 Å². The fraction of sp³-hybridized carbons (Fsp3) is 0.100. The predicted molar refractivity (Wildman–Crippen MR) is 106 cm³/mol. The van der Waals surface area contributed by atoms with Crippen LogP contribution >= 0.6 is 15.9 Å². The summed E-state index contributed by atoms with van der Waals surface area (Å²) in [6.07, 6.45) is 3.71. The first-order valence-corrected chi connectivity index (χ1v) is 9.00. The van der Waals surface area contributed by atoms with Gasteiger partial charge in [-0.15, -0.1) is 0 Å². The fourth-order valence-corrected chi connectivity index (χ4v) is 3.32. The number of methoxy groups -OCH3 is 1. The zero-order chi connectivity index (χ0) is 17.9. The fourth-order valence-electron chi connectivity index (χ4n) is 2.92. The number of anilines is 1. The Bertz CT molecular complexity index is 1060. The number of rotatable bonds is 5. The smallest absolute Gasteiger partial charge is 0.235 e. The molecule has 0 unspecified atom stereocenters. The highest BCUT2D eigenvalue weighted by Crippen LogP contribution is 2.30. The van der Waals surface area contributed by atoms with Crippen molar-refractivity contribution in [1.29, 1.82) is 0 Å². The van der Waals surface area contributed by atoms with Crippen LogP contribution in [0.2, 0.25) is 0 Å². The number of nitrogens with zero attached hydrogens (tertiary/aromatic N) is 3. The molecule has 0 aliphatic rings. The summed E-state index contributed by atoms with van der Waals surface area (Å²) in [5.41, 5.74) is 2.96. The van der Waals surface area contributed by atoms with Gasteiger partial charge >= 0.3 is 0 Å². The van der Waals surface area contributed by atoms with Gasteiger partial charge in [0.05, 0.1) is 7.11 Å². The van der Waals surface area contributed by atoms with Gasteiger partial charge in [-0.05, 0) is 24.3 Å². The van der Waals surface area contributed by atoms with Gasteiger partial charge in [0.25, 0.3) is 0 Å². The number of hydrogen-bond donors (Lipinski definition) is 1. The van der Waals surface area contributed by atoms with Crippen LogP contribution in [-0.4, -0.2) is 21.5 Å². The Balaban J connectivity index is 1.77. The molecule has 2 aromatic carbocycles. The molecular weight excluding hydrogens is 392 g/mol. The minimum atomic E-state index is 0.619.